The molecule has 28 heavy (non-hydrogen) atoms. The molecule has 0 aliphatic heterocycles. The van der Waals surface area contributed by atoms with Gasteiger partial charge in [0.1, 0.15) is 11.3 Å². The molecule has 1 heterocycles. The van der Waals surface area contributed by atoms with Gasteiger partial charge in [-0.25, -0.2) is 0 Å². The number of nitro benzene ring substituents is 1. The second-order valence-corrected chi connectivity index (χ2v) is 6.51. The summed E-state index contributed by atoms with van der Waals surface area (Å²) in [6.07, 6.45) is -0.307. The van der Waals surface area contributed by atoms with E-state index in [4.69, 9.17) is 16.3 Å². The van der Waals surface area contributed by atoms with E-state index in [0.717, 1.165) is 6.07 Å². The molecule has 1 N–H and O–H groups in total. The Labute approximate surface area is 164 Å². The molecule has 8 nitrogen and oxygen atoms in total. The lowest BCUT2D eigenvalue weighted by molar-refractivity contribution is -0.385. The number of ether oxygens (including phenoxy) is 1. The summed E-state index contributed by atoms with van der Waals surface area (Å²) >= 11 is 5.83. The first-order valence-corrected chi connectivity index (χ1v) is 8.50. The fourth-order valence-corrected chi connectivity index (χ4v) is 3.35. The molecule has 0 saturated heterocycles. The maximum absolute atomic E-state index is 13.2. The minimum atomic E-state index is -1.06. The van der Waals surface area contributed by atoms with Gasteiger partial charge in [-0.15, -0.1) is 0 Å². The summed E-state index contributed by atoms with van der Waals surface area (Å²) in [6, 6.07) is 8.68. The summed E-state index contributed by atoms with van der Waals surface area (Å²) in [5, 5.41) is 21.3. The van der Waals surface area contributed by atoms with Crippen molar-refractivity contribution in [2.75, 3.05) is 7.11 Å². The summed E-state index contributed by atoms with van der Waals surface area (Å²) in [4.78, 5) is 35.2. The highest BCUT2D eigenvalue weighted by Crippen LogP contribution is 2.32. The number of carbonyl (C=O) groups excluding carboxylic acids is 1. The van der Waals surface area contributed by atoms with Crippen molar-refractivity contribution in [2.24, 2.45) is 0 Å². The summed E-state index contributed by atoms with van der Waals surface area (Å²) in [5.41, 5.74) is 0.689. The van der Waals surface area contributed by atoms with E-state index in [9.17, 15) is 24.8 Å². The number of benzene rings is 2. The van der Waals surface area contributed by atoms with E-state index in [1.54, 1.807) is 25.1 Å². The quantitative estimate of drug-likeness (QED) is 0.512. The van der Waals surface area contributed by atoms with Crippen molar-refractivity contribution in [1.29, 1.82) is 0 Å². The SMILES string of the molecule is COc1ccc2c(c1)c(CC(=O)O)c(C)n2C(=O)c1ccc(Cl)cc1[N+](=O)[O-]. The number of hydrogen-bond donors (Lipinski definition) is 1. The highest BCUT2D eigenvalue weighted by atomic mass is 35.5. The predicted molar refractivity (Wildman–Crippen MR) is 102 cm³/mol. The van der Waals surface area contributed by atoms with E-state index >= 15 is 0 Å². The van der Waals surface area contributed by atoms with Crippen molar-refractivity contribution in [2.45, 2.75) is 13.3 Å². The van der Waals surface area contributed by atoms with Crippen LogP contribution in [-0.4, -0.2) is 33.6 Å². The van der Waals surface area contributed by atoms with Crippen molar-refractivity contribution >= 4 is 40.1 Å². The van der Waals surface area contributed by atoms with Crippen LogP contribution in [0.1, 0.15) is 21.6 Å². The number of nitrogens with zero attached hydrogens (tertiary/aromatic N) is 2. The number of carboxylic acids is 1. The van der Waals surface area contributed by atoms with Gasteiger partial charge in [0.15, 0.2) is 0 Å². The fraction of sp³-hybridized carbons (Fsp3) is 0.158. The van der Waals surface area contributed by atoms with Gasteiger partial charge in [-0.1, -0.05) is 11.6 Å². The number of halogens is 1. The van der Waals surface area contributed by atoms with Gasteiger partial charge in [0, 0.05) is 22.2 Å². The van der Waals surface area contributed by atoms with Crippen LogP contribution in [-0.2, 0) is 11.2 Å². The average Bonchev–Trinajstić information content (AvgIpc) is 2.91. The summed E-state index contributed by atoms with van der Waals surface area (Å²) in [7, 11) is 1.48. The number of hydrogen-bond acceptors (Lipinski definition) is 5. The molecule has 0 bridgehead atoms. The zero-order chi connectivity index (χ0) is 20.6. The number of fused-ring (bicyclic) bond motifs is 1. The van der Waals surface area contributed by atoms with E-state index in [1.807, 2.05) is 0 Å². The van der Waals surface area contributed by atoms with Crippen molar-refractivity contribution in [3.05, 3.63) is 68.4 Å². The molecule has 2 aromatic carbocycles. The van der Waals surface area contributed by atoms with E-state index < -0.39 is 22.5 Å². The monoisotopic (exact) mass is 402 g/mol. The van der Waals surface area contributed by atoms with Gasteiger partial charge in [0.05, 0.1) is 24.0 Å². The molecular formula is C19H15ClN2O6. The van der Waals surface area contributed by atoms with Crippen LogP contribution in [0.25, 0.3) is 10.9 Å². The summed E-state index contributed by atoms with van der Waals surface area (Å²) < 4.78 is 6.48. The molecule has 0 radical (unpaired) electrons. The van der Waals surface area contributed by atoms with Gasteiger partial charge in [-0.05, 0) is 42.8 Å². The second kappa shape index (κ2) is 7.32. The fourth-order valence-electron chi connectivity index (χ4n) is 3.18. The van der Waals surface area contributed by atoms with Gasteiger partial charge in [0.25, 0.3) is 11.6 Å². The smallest absolute Gasteiger partial charge is 0.307 e. The normalized spacial score (nSPS) is 10.8. The van der Waals surface area contributed by atoms with Crippen molar-refractivity contribution in [1.82, 2.24) is 4.57 Å². The predicted octanol–water partition coefficient (Wildman–Crippen LogP) is 3.84. The molecule has 0 atom stereocenters. The highest BCUT2D eigenvalue weighted by Gasteiger charge is 2.26. The lowest BCUT2D eigenvalue weighted by atomic mass is 10.1. The Morgan fingerprint density at radius 1 is 1.25 bits per heavy atom. The van der Waals surface area contributed by atoms with E-state index in [0.29, 0.717) is 27.9 Å². The Hall–Kier alpha value is -3.39. The largest absolute Gasteiger partial charge is 0.497 e. The molecule has 144 valence electrons. The van der Waals surface area contributed by atoms with Crippen LogP contribution in [0.4, 0.5) is 5.69 Å². The number of aliphatic carboxylic acids is 1. The maximum atomic E-state index is 13.2. The minimum absolute atomic E-state index is 0.133. The summed E-state index contributed by atoms with van der Waals surface area (Å²) in [6.45, 7) is 1.60. The lowest BCUT2D eigenvalue weighted by Gasteiger charge is -2.08. The Kier molecular flexibility index (Phi) is 5.06. The molecular weight excluding hydrogens is 388 g/mol. The lowest BCUT2D eigenvalue weighted by Crippen LogP contribution is -2.16. The van der Waals surface area contributed by atoms with Gasteiger partial charge in [-0.3, -0.25) is 24.3 Å². The van der Waals surface area contributed by atoms with Gasteiger partial charge in [-0.2, -0.15) is 0 Å². The zero-order valence-corrected chi connectivity index (χ0v) is 15.7. The van der Waals surface area contributed by atoms with Crippen LogP contribution in [0, 0.1) is 17.0 Å². The number of carbonyl (C=O) groups is 2. The molecule has 0 spiro atoms. The highest BCUT2D eigenvalue weighted by molar-refractivity contribution is 6.31. The van der Waals surface area contributed by atoms with Crippen LogP contribution in [0.3, 0.4) is 0 Å². The maximum Gasteiger partial charge on any atom is 0.307 e. The first-order valence-electron chi connectivity index (χ1n) is 8.13. The van der Waals surface area contributed by atoms with E-state index in [2.05, 4.69) is 0 Å². The standard InChI is InChI=1S/C19H15ClN2O6/c1-10-14(9-18(23)24)15-8-12(28-2)4-6-16(15)21(10)19(25)13-5-3-11(20)7-17(13)22(26)27/h3-8H,9H2,1-2H3,(H,23,24). The molecule has 0 aliphatic carbocycles. The number of aromatic nitrogens is 1. The number of rotatable bonds is 5. The Balaban J connectivity index is 2.29. The van der Waals surface area contributed by atoms with Crippen molar-refractivity contribution in [3.63, 3.8) is 0 Å². The zero-order valence-electron chi connectivity index (χ0n) is 14.9. The van der Waals surface area contributed by atoms with Crippen molar-refractivity contribution < 1.29 is 24.4 Å². The average molecular weight is 403 g/mol. The van der Waals surface area contributed by atoms with Crippen LogP contribution < -0.4 is 4.74 Å². The molecule has 9 heteroatoms. The Bertz CT molecular complexity index is 1140. The molecule has 0 fully saturated rings. The third-order valence-corrected chi connectivity index (χ3v) is 4.69. The van der Waals surface area contributed by atoms with Crippen LogP contribution >= 0.6 is 11.6 Å². The number of carboxylic acid groups (broad SMARTS) is 1. The molecule has 0 saturated carbocycles. The molecule has 3 rings (SSSR count). The molecule has 0 aliphatic rings. The second-order valence-electron chi connectivity index (χ2n) is 6.08. The van der Waals surface area contributed by atoms with Crippen LogP contribution in [0.5, 0.6) is 5.75 Å². The molecule has 3 aromatic rings. The minimum Gasteiger partial charge on any atom is -0.497 e. The van der Waals surface area contributed by atoms with Gasteiger partial charge >= 0.3 is 5.97 Å². The first-order chi connectivity index (χ1) is 13.2. The topological polar surface area (TPSA) is 112 Å². The number of nitro groups is 1. The van der Waals surface area contributed by atoms with Crippen LogP contribution in [0.15, 0.2) is 36.4 Å². The Morgan fingerprint density at radius 3 is 2.57 bits per heavy atom. The van der Waals surface area contributed by atoms with E-state index in [-0.39, 0.29) is 17.0 Å². The molecule has 0 unspecified atom stereocenters. The Morgan fingerprint density at radius 2 is 1.96 bits per heavy atom. The van der Waals surface area contributed by atoms with Crippen LogP contribution in [0.2, 0.25) is 5.02 Å². The summed E-state index contributed by atoms with van der Waals surface area (Å²) in [5.74, 6) is -1.20. The third kappa shape index (κ3) is 3.29. The third-order valence-electron chi connectivity index (χ3n) is 4.46. The first kappa shape index (κ1) is 19.4. The number of methoxy groups -OCH3 is 1. The van der Waals surface area contributed by atoms with Gasteiger partial charge < -0.3 is 9.84 Å². The molecule has 0 amide bonds. The van der Waals surface area contributed by atoms with Crippen molar-refractivity contribution in [3.8, 4) is 5.75 Å². The van der Waals surface area contributed by atoms with Gasteiger partial charge in [0.2, 0.25) is 0 Å². The van der Waals surface area contributed by atoms with E-state index in [1.165, 1.54) is 23.8 Å². The molecule has 1 aromatic heterocycles.